The maximum atomic E-state index is 12.7. The number of rotatable bonds is 2. The molecule has 0 fully saturated rings. The fraction of sp³-hybridized carbons (Fsp3) is 0.182. The zero-order chi connectivity index (χ0) is 19.9. The summed E-state index contributed by atoms with van der Waals surface area (Å²) in [5, 5.41) is 22.7. The van der Waals surface area contributed by atoms with Crippen LogP contribution < -0.4 is 5.32 Å². The minimum Gasteiger partial charge on any atom is -0.504 e. The standard InChI is InChI=1S/C22H18F3NO2/c23-22(24,25)18-7-5-14(6-8-18)13-1-3-15(4-2-13)19-9-16-10-20(27)21(28)11-17(16)12-26-19/h1-8,10-11,19,26-28H,9,12H2. The van der Waals surface area contributed by atoms with Crippen LogP contribution in [0.1, 0.15) is 28.3 Å². The topological polar surface area (TPSA) is 52.5 Å². The fourth-order valence-corrected chi connectivity index (χ4v) is 3.54. The predicted octanol–water partition coefficient (Wildman–Crippen LogP) is 5.17. The third-order valence-electron chi connectivity index (χ3n) is 5.12. The van der Waals surface area contributed by atoms with Gasteiger partial charge in [-0.1, -0.05) is 36.4 Å². The first kappa shape index (κ1) is 18.4. The molecule has 1 aliphatic rings. The van der Waals surface area contributed by atoms with Gasteiger partial charge in [-0.2, -0.15) is 13.2 Å². The summed E-state index contributed by atoms with van der Waals surface area (Å²) in [7, 11) is 0. The molecular weight excluding hydrogens is 367 g/mol. The SMILES string of the molecule is Oc1cc2c(cc1O)CC(c1ccc(-c3ccc(C(F)(F)F)cc3)cc1)NC2. The summed E-state index contributed by atoms with van der Waals surface area (Å²) in [5.41, 5.74) is 3.89. The largest absolute Gasteiger partial charge is 0.504 e. The van der Waals surface area contributed by atoms with Crippen LogP contribution in [0.4, 0.5) is 13.2 Å². The molecule has 3 aromatic carbocycles. The number of fused-ring (bicyclic) bond motifs is 1. The number of benzene rings is 3. The molecule has 6 heteroatoms. The van der Waals surface area contributed by atoms with Crippen molar-refractivity contribution >= 4 is 0 Å². The van der Waals surface area contributed by atoms with Crippen LogP contribution in [-0.2, 0) is 19.1 Å². The van der Waals surface area contributed by atoms with Crippen LogP contribution >= 0.6 is 0 Å². The fourth-order valence-electron chi connectivity index (χ4n) is 3.54. The predicted molar refractivity (Wildman–Crippen MR) is 99.9 cm³/mol. The molecule has 1 aliphatic heterocycles. The summed E-state index contributed by atoms with van der Waals surface area (Å²) in [6.07, 6.45) is -3.67. The Morgan fingerprint density at radius 2 is 1.32 bits per heavy atom. The van der Waals surface area contributed by atoms with Gasteiger partial charge in [0.2, 0.25) is 0 Å². The highest BCUT2D eigenvalue weighted by Gasteiger charge is 2.30. The Hall–Kier alpha value is -2.99. The Kier molecular flexibility index (Phi) is 4.51. The molecule has 1 atom stereocenters. The molecule has 3 N–H and O–H groups in total. The normalized spacial score (nSPS) is 16.6. The number of nitrogens with one attached hydrogen (secondary N) is 1. The zero-order valence-electron chi connectivity index (χ0n) is 14.8. The van der Waals surface area contributed by atoms with Gasteiger partial charge in [0.05, 0.1) is 5.56 Å². The highest BCUT2D eigenvalue weighted by Crippen LogP contribution is 2.35. The van der Waals surface area contributed by atoms with Crippen molar-refractivity contribution in [3.63, 3.8) is 0 Å². The maximum Gasteiger partial charge on any atom is 0.416 e. The first-order chi connectivity index (χ1) is 13.3. The third-order valence-corrected chi connectivity index (χ3v) is 5.12. The lowest BCUT2D eigenvalue weighted by atomic mass is 9.90. The summed E-state index contributed by atoms with van der Waals surface area (Å²) in [5.74, 6) is -0.253. The molecule has 0 amide bonds. The Balaban J connectivity index is 1.53. The Bertz CT molecular complexity index is 996. The smallest absolute Gasteiger partial charge is 0.416 e. The van der Waals surface area contributed by atoms with Crippen molar-refractivity contribution in [3.05, 3.63) is 82.9 Å². The van der Waals surface area contributed by atoms with Gasteiger partial charge in [-0.15, -0.1) is 0 Å². The Morgan fingerprint density at radius 1 is 0.786 bits per heavy atom. The van der Waals surface area contributed by atoms with Crippen molar-refractivity contribution in [1.29, 1.82) is 0 Å². The molecule has 1 unspecified atom stereocenters. The van der Waals surface area contributed by atoms with Gasteiger partial charge in [-0.05, 0) is 58.5 Å². The van der Waals surface area contributed by atoms with E-state index < -0.39 is 11.7 Å². The lowest BCUT2D eigenvalue weighted by Crippen LogP contribution is -2.28. The number of halogens is 3. The summed E-state index contributed by atoms with van der Waals surface area (Å²) in [6.45, 7) is 0.578. The molecular formula is C22H18F3NO2. The average molecular weight is 385 g/mol. The second kappa shape index (κ2) is 6.87. The quantitative estimate of drug-likeness (QED) is 0.534. The van der Waals surface area contributed by atoms with Crippen molar-refractivity contribution in [2.45, 2.75) is 25.2 Å². The average Bonchev–Trinajstić information content (AvgIpc) is 2.68. The molecule has 1 heterocycles. The van der Waals surface area contributed by atoms with Crippen LogP contribution in [0, 0.1) is 0 Å². The number of phenols is 2. The van der Waals surface area contributed by atoms with E-state index >= 15 is 0 Å². The van der Waals surface area contributed by atoms with E-state index in [4.69, 9.17) is 0 Å². The molecule has 0 spiro atoms. The van der Waals surface area contributed by atoms with Crippen LogP contribution in [0.25, 0.3) is 11.1 Å². The summed E-state index contributed by atoms with van der Waals surface area (Å²) >= 11 is 0. The summed E-state index contributed by atoms with van der Waals surface area (Å²) in [6, 6.07) is 16.0. The van der Waals surface area contributed by atoms with Gasteiger partial charge in [0.1, 0.15) is 0 Å². The Morgan fingerprint density at radius 3 is 1.89 bits per heavy atom. The zero-order valence-corrected chi connectivity index (χ0v) is 14.8. The van der Waals surface area contributed by atoms with Gasteiger partial charge in [0.15, 0.2) is 11.5 Å². The molecule has 0 saturated heterocycles. The van der Waals surface area contributed by atoms with Crippen molar-refractivity contribution in [2.75, 3.05) is 0 Å². The Labute approximate surface area is 160 Å². The minimum atomic E-state index is -4.34. The van der Waals surface area contributed by atoms with Crippen molar-refractivity contribution < 1.29 is 23.4 Å². The van der Waals surface area contributed by atoms with E-state index in [1.807, 2.05) is 24.3 Å². The second-order valence-corrected chi connectivity index (χ2v) is 6.94. The summed E-state index contributed by atoms with van der Waals surface area (Å²) in [4.78, 5) is 0. The van der Waals surface area contributed by atoms with Gasteiger partial charge in [0, 0.05) is 12.6 Å². The van der Waals surface area contributed by atoms with E-state index in [0.717, 1.165) is 39.9 Å². The van der Waals surface area contributed by atoms with E-state index in [2.05, 4.69) is 5.32 Å². The van der Waals surface area contributed by atoms with E-state index in [-0.39, 0.29) is 17.5 Å². The van der Waals surface area contributed by atoms with Gasteiger partial charge in [-0.25, -0.2) is 0 Å². The first-order valence-electron chi connectivity index (χ1n) is 8.86. The maximum absolute atomic E-state index is 12.7. The van der Waals surface area contributed by atoms with Crippen molar-refractivity contribution in [1.82, 2.24) is 5.32 Å². The molecule has 0 aromatic heterocycles. The van der Waals surface area contributed by atoms with E-state index in [1.165, 1.54) is 12.1 Å². The van der Waals surface area contributed by atoms with E-state index in [0.29, 0.717) is 13.0 Å². The van der Waals surface area contributed by atoms with Crippen LogP contribution in [0.15, 0.2) is 60.7 Å². The molecule has 3 aromatic rings. The van der Waals surface area contributed by atoms with Gasteiger partial charge in [0.25, 0.3) is 0 Å². The lowest BCUT2D eigenvalue weighted by molar-refractivity contribution is -0.137. The molecule has 28 heavy (non-hydrogen) atoms. The van der Waals surface area contributed by atoms with Crippen LogP contribution in [0.5, 0.6) is 11.5 Å². The van der Waals surface area contributed by atoms with Crippen LogP contribution in [-0.4, -0.2) is 10.2 Å². The molecule has 4 rings (SSSR count). The highest BCUT2D eigenvalue weighted by molar-refractivity contribution is 5.64. The molecule has 0 aliphatic carbocycles. The van der Waals surface area contributed by atoms with E-state index in [1.54, 1.807) is 12.1 Å². The molecule has 144 valence electrons. The van der Waals surface area contributed by atoms with Gasteiger partial charge >= 0.3 is 6.18 Å². The van der Waals surface area contributed by atoms with Crippen molar-refractivity contribution in [2.24, 2.45) is 0 Å². The monoisotopic (exact) mass is 385 g/mol. The minimum absolute atomic E-state index is 0.0538. The van der Waals surface area contributed by atoms with Crippen LogP contribution in [0.2, 0.25) is 0 Å². The number of aromatic hydroxyl groups is 2. The number of alkyl halides is 3. The number of hydrogen-bond acceptors (Lipinski definition) is 3. The molecule has 0 saturated carbocycles. The van der Waals surface area contributed by atoms with Crippen LogP contribution in [0.3, 0.4) is 0 Å². The second-order valence-electron chi connectivity index (χ2n) is 6.94. The van der Waals surface area contributed by atoms with E-state index in [9.17, 15) is 23.4 Å². The third kappa shape index (κ3) is 3.55. The number of hydrogen-bond donors (Lipinski definition) is 3. The first-order valence-corrected chi connectivity index (χ1v) is 8.86. The number of phenolic OH excluding ortho intramolecular Hbond substituents is 2. The molecule has 0 bridgehead atoms. The summed E-state index contributed by atoms with van der Waals surface area (Å²) < 4.78 is 38.1. The van der Waals surface area contributed by atoms with Gasteiger partial charge < -0.3 is 15.5 Å². The van der Waals surface area contributed by atoms with Crippen molar-refractivity contribution in [3.8, 4) is 22.6 Å². The molecule has 0 radical (unpaired) electrons. The highest BCUT2D eigenvalue weighted by atomic mass is 19.4. The lowest BCUT2D eigenvalue weighted by Gasteiger charge is -2.27. The van der Waals surface area contributed by atoms with Gasteiger partial charge in [-0.3, -0.25) is 0 Å². The molecule has 3 nitrogen and oxygen atoms in total.